The van der Waals surface area contributed by atoms with E-state index < -0.39 is 5.97 Å². The van der Waals surface area contributed by atoms with Crippen LogP contribution in [0.4, 0.5) is 11.4 Å². The minimum absolute atomic E-state index is 0.00908. The minimum Gasteiger partial charge on any atom is -0.488 e. The SMILES string of the molecule is COC(=O)c1cccc(NC(=O)c2ccc(NC(=O)[C@@H]3C[C@H]3C)cc2)c1OC(C)C. The summed E-state index contributed by atoms with van der Waals surface area (Å²) in [5, 5.41) is 5.65. The summed E-state index contributed by atoms with van der Waals surface area (Å²) in [6.07, 6.45) is 0.709. The van der Waals surface area contributed by atoms with E-state index in [9.17, 15) is 14.4 Å². The van der Waals surface area contributed by atoms with Gasteiger partial charge in [-0.15, -0.1) is 0 Å². The first-order chi connectivity index (χ1) is 14.3. The number of carbonyl (C=O) groups excluding carboxylic acids is 3. The van der Waals surface area contributed by atoms with Gasteiger partial charge >= 0.3 is 5.97 Å². The first kappa shape index (κ1) is 21.4. The van der Waals surface area contributed by atoms with Crippen LogP contribution in [-0.2, 0) is 9.53 Å². The Morgan fingerprint density at radius 2 is 1.70 bits per heavy atom. The van der Waals surface area contributed by atoms with E-state index in [0.29, 0.717) is 22.9 Å². The maximum absolute atomic E-state index is 12.7. The lowest BCUT2D eigenvalue weighted by atomic mass is 10.1. The first-order valence-corrected chi connectivity index (χ1v) is 9.90. The van der Waals surface area contributed by atoms with Crippen LogP contribution >= 0.6 is 0 Å². The van der Waals surface area contributed by atoms with Crippen molar-refractivity contribution >= 4 is 29.2 Å². The van der Waals surface area contributed by atoms with E-state index in [2.05, 4.69) is 10.6 Å². The zero-order chi connectivity index (χ0) is 21.8. The molecule has 2 aromatic carbocycles. The molecule has 0 bridgehead atoms. The topological polar surface area (TPSA) is 93.7 Å². The molecule has 2 aromatic rings. The predicted molar refractivity (Wildman–Crippen MR) is 114 cm³/mol. The van der Waals surface area contributed by atoms with Crippen molar-refractivity contribution in [1.82, 2.24) is 0 Å². The average Bonchev–Trinajstić information content (AvgIpc) is 3.45. The Morgan fingerprint density at radius 1 is 1.03 bits per heavy atom. The summed E-state index contributed by atoms with van der Waals surface area (Å²) >= 11 is 0. The van der Waals surface area contributed by atoms with Gasteiger partial charge in [-0.1, -0.05) is 13.0 Å². The van der Waals surface area contributed by atoms with Crippen molar-refractivity contribution in [1.29, 1.82) is 0 Å². The van der Waals surface area contributed by atoms with Gasteiger partial charge in [0.25, 0.3) is 5.91 Å². The zero-order valence-electron chi connectivity index (χ0n) is 17.5. The second-order valence-electron chi connectivity index (χ2n) is 7.68. The highest BCUT2D eigenvalue weighted by atomic mass is 16.5. The van der Waals surface area contributed by atoms with Crippen molar-refractivity contribution in [2.75, 3.05) is 17.7 Å². The molecule has 3 rings (SSSR count). The lowest BCUT2D eigenvalue weighted by Crippen LogP contribution is -2.17. The van der Waals surface area contributed by atoms with Gasteiger partial charge in [-0.2, -0.15) is 0 Å². The van der Waals surface area contributed by atoms with Crippen molar-refractivity contribution in [2.45, 2.75) is 33.3 Å². The molecule has 0 unspecified atom stereocenters. The number of rotatable bonds is 7. The Kier molecular flexibility index (Phi) is 6.40. The van der Waals surface area contributed by atoms with Crippen LogP contribution in [0.25, 0.3) is 0 Å². The van der Waals surface area contributed by atoms with E-state index in [1.807, 2.05) is 20.8 Å². The van der Waals surface area contributed by atoms with Gasteiger partial charge in [-0.3, -0.25) is 9.59 Å². The van der Waals surface area contributed by atoms with Gasteiger partial charge in [0, 0.05) is 17.2 Å². The van der Waals surface area contributed by atoms with Gasteiger partial charge in [0.05, 0.1) is 18.9 Å². The van der Waals surface area contributed by atoms with Crippen molar-refractivity contribution in [3.63, 3.8) is 0 Å². The van der Waals surface area contributed by atoms with E-state index in [4.69, 9.17) is 9.47 Å². The molecule has 2 N–H and O–H groups in total. The second kappa shape index (κ2) is 8.98. The number of para-hydroxylation sites is 1. The largest absolute Gasteiger partial charge is 0.488 e. The fourth-order valence-electron chi connectivity index (χ4n) is 3.09. The molecule has 30 heavy (non-hydrogen) atoms. The number of hydrogen-bond donors (Lipinski definition) is 2. The number of benzene rings is 2. The Morgan fingerprint density at radius 3 is 2.27 bits per heavy atom. The molecule has 1 aliphatic carbocycles. The Bertz CT molecular complexity index is 953. The molecular weight excluding hydrogens is 384 g/mol. The third-order valence-electron chi connectivity index (χ3n) is 4.88. The van der Waals surface area contributed by atoms with Crippen molar-refractivity contribution in [3.05, 3.63) is 53.6 Å². The minimum atomic E-state index is -0.549. The molecule has 1 fully saturated rings. The fourth-order valence-corrected chi connectivity index (χ4v) is 3.09. The molecule has 2 atom stereocenters. The van der Waals surface area contributed by atoms with Gasteiger partial charge in [0.2, 0.25) is 5.91 Å². The highest BCUT2D eigenvalue weighted by Crippen LogP contribution is 2.38. The number of anilines is 2. The van der Waals surface area contributed by atoms with Gasteiger partial charge in [-0.25, -0.2) is 4.79 Å². The highest BCUT2D eigenvalue weighted by Gasteiger charge is 2.39. The lowest BCUT2D eigenvalue weighted by Gasteiger charge is -2.18. The van der Waals surface area contributed by atoms with Crippen LogP contribution in [0, 0.1) is 11.8 Å². The molecule has 0 spiro atoms. The van der Waals surface area contributed by atoms with E-state index in [0.717, 1.165) is 6.42 Å². The molecule has 0 saturated heterocycles. The average molecular weight is 410 g/mol. The number of esters is 1. The molecule has 1 saturated carbocycles. The second-order valence-corrected chi connectivity index (χ2v) is 7.68. The van der Waals surface area contributed by atoms with Crippen LogP contribution in [0.5, 0.6) is 5.75 Å². The van der Waals surface area contributed by atoms with Crippen molar-refractivity contribution < 1.29 is 23.9 Å². The number of amides is 2. The number of carbonyl (C=O) groups is 3. The zero-order valence-corrected chi connectivity index (χ0v) is 17.5. The lowest BCUT2D eigenvalue weighted by molar-refractivity contribution is -0.117. The van der Waals surface area contributed by atoms with Gasteiger partial charge in [0.1, 0.15) is 5.56 Å². The maximum Gasteiger partial charge on any atom is 0.341 e. The van der Waals surface area contributed by atoms with Crippen LogP contribution in [0.2, 0.25) is 0 Å². The smallest absolute Gasteiger partial charge is 0.341 e. The fraction of sp³-hybridized carbons (Fsp3) is 0.348. The number of hydrogen-bond acceptors (Lipinski definition) is 5. The maximum atomic E-state index is 12.7. The van der Waals surface area contributed by atoms with Gasteiger partial charge in [-0.05, 0) is 62.6 Å². The summed E-state index contributed by atoms with van der Waals surface area (Å²) in [5.41, 5.74) is 1.66. The number of nitrogens with one attached hydrogen (secondary N) is 2. The quantitative estimate of drug-likeness (QED) is 0.670. The van der Waals surface area contributed by atoms with Crippen molar-refractivity contribution in [3.8, 4) is 5.75 Å². The Balaban J connectivity index is 1.75. The molecule has 2 amide bonds. The Labute approximate surface area is 175 Å². The van der Waals surface area contributed by atoms with Crippen molar-refractivity contribution in [2.24, 2.45) is 11.8 Å². The Hall–Kier alpha value is -3.35. The van der Waals surface area contributed by atoms with E-state index >= 15 is 0 Å². The number of ether oxygens (including phenoxy) is 2. The summed E-state index contributed by atoms with van der Waals surface area (Å²) in [4.78, 5) is 36.8. The van der Waals surface area contributed by atoms with E-state index in [-0.39, 0.29) is 35.1 Å². The van der Waals surface area contributed by atoms with E-state index in [1.165, 1.54) is 7.11 Å². The van der Waals surface area contributed by atoms with E-state index in [1.54, 1.807) is 42.5 Å². The summed E-state index contributed by atoms with van der Waals surface area (Å²) < 4.78 is 10.6. The molecule has 0 aliphatic heterocycles. The monoisotopic (exact) mass is 410 g/mol. The van der Waals surface area contributed by atoms with Crippen LogP contribution in [0.15, 0.2) is 42.5 Å². The highest BCUT2D eigenvalue weighted by molar-refractivity contribution is 6.07. The summed E-state index contributed by atoms with van der Waals surface area (Å²) in [5.74, 6) is -0.136. The standard InChI is InChI=1S/C23H26N2O5/c1-13(2)30-20-17(23(28)29-4)6-5-7-19(20)25-21(26)15-8-10-16(11-9-15)24-22(27)18-12-14(18)3/h5-11,13-14,18H,12H2,1-4H3,(H,24,27)(H,25,26)/t14-,18-/m1/s1. The molecule has 158 valence electrons. The summed E-state index contributed by atoms with van der Waals surface area (Å²) in [6, 6.07) is 11.5. The summed E-state index contributed by atoms with van der Waals surface area (Å²) in [7, 11) is 1.29. The van der Waals surface area contributed by atoms with Crippen LogP contribution in [0.1, 0.15) is 47.9 Å². The van der Waals surface area contributed by atoms with Gasteiger partial charge in [0.15, 0.2) is 5.75 Å². The third kappa shape index (κ3) is 4.97. The first-order valence-electron chi connectivity index (χ1n) is 9.90. The normalized spacial score (nSPS) is 17.2. The molecule has 7 heteroatoms. The van der Waals surface area contributed by atoms with Gasteiger partial charge < -0.3 is 20.1 Å². The van der Waals surface area contributed by atoms with Crippen LogP contribution in [-0.4, -0.2) is 31.0 Å². The van der Waals surface area contributed by atoms with Crippen LogP contribution < -0.4 is 15.4 Å². The molecule has 1 aliphatic rings. The van der Waals surface area contributed by atoms with Crippen LogP contribution in [0.3, 0.4) is 0 Å². The molecule has 0 radical (unpaired) electrons. The predicted octanol–water partition coefficient (Wildman–Crippen LogP) is 4.11. The summed E-state index contributed by atoms with van der Waals surface area (Å²) in [6.45, 7) is 5.70. The molecule has 7 nitrogen and oxygen atoms in total. The molecule has 0 heterocycles. The molecular formula is C23H26N2O5. The third-order valence-corrected chi connectivity index (χ3v) is 4.88. The number of methoxy groups -OCH3 is 1. The molecule has 0 aromatic heterocycles.